The smallest absolute Gasteiger partial charge is 0.227 e. The van der Waals surface area contributed by atoms with Gasteiger partial charge < -0.3 is 10.2 Å². The average molecular weight is 288 g/mol. The zero-order valence-corrected chi connectivity index (χ0v) is 13.1. The van der Waals surface area contributed by atoms with Crippen molar-refractivity contribution in [3.05, 3.63) is 29.8 Å². The van der Waals surface area contributed by atoms with E-state index in [-0.39, 0.29) is 17.7 Å². The third kappa shape index (κ3) is 3.63. The monoisotopic (exact) mass is 288 g/mol. The summed E-state index contributed by atoms with van der Waals surface area (Å²) in [6.45, 7) is 7.34. The lowest BCUT2D eigenvalue weighted by atomic mass is 10.1. The Morgan fingerprint density at radius 1 is 1.38 bits per heavy atom. The van der Waals surface area contributed by atoms with Crippen molar-refractivity contribution in [3.8, 4) is 0 Å². The lowest BCUT2D eigenvalue weighted by molar-refractivity contribution is -0.126. The molecule has 21 heavy (non-hydrogen) atoms. The first-order chi connectivity index (χ1) is 10.0. The summed E-state index contributed by atoms with van der Waals surface area (Å²) in [4.78, 5) is 26.1. The Hall–Kier alpha value is -1.84. The van der Waals surface area contributed by atoms with Crippen LogP contribution >= 0.6 is 0 Å². The Kier molecular flexibility index (Phi) is 4.99. The van der Waals surface area contributed by atoms with Crippen molar-refractivity contribution < 1.29 is 9.59 Å². The van der Waals surface area contributed by atoms with E-state index in [1.54, 1.807) is 4.90 Å². The van der Waals surface area contributed by atoms with Crippen LogP contribution in [0.25, 0.3) is 0 Å². The molecule has 1 aliphatic rings. The maximum atomic E-state index is 12.2. The van der Waals surface area contributed by atoms with Gasteiger partial charge in [0, 0.05) is 25.2 Å². The van der Waals surface area contributed by atoms with Crippen molar-refractivity contribution >= 4 is 17.5 Å². The highest BCUT2D eigenvalue weighted by Crippen LogP contribution is 2.28. The van der Waals surface area contributed by atoms with Gasteiger partial charge >= 0.3 is 0 Å². The molecule has 2 amide bonds. The maximum absolute atomic E-state index is 12.2. The van der Waals surface area contributed by atoms with Crippen LogP contribution in [-0.4, -0.2) is 24.9 Å². The molecular formula is C17H24N2O2. The third-order valence-corrected chi connectivity index (χ3v) is 3.84. The predicted octanol–water partition coefficient (Wildman–Crippen LogP) is 2.37. The molecule has 1 atom stereocenters. The van der Waals surface area contributed by atoms with Gasteiger partial charge in [-0.2, -0.15) is 0 Å². The molecule has 1 aliphatic heterocycles. The topological polar surface area (TPSA) is 49.4 Å². The normalized spacial score (nSPS) is 18.4. The fraction of sp³-hybridized carbons (Fsp3) is 0.529. The number of para-hydroxylation sites is 1. The van der Waals surface area contributed by atoms with Crippen LogP contribution < -0.4 is 10.2 Å². The minimum atomic E-state index is -0.235. The van der Waals surface area contributed by atoms with Crippen LogP contribution in [0.3, 0.4) is 0 Å². The molecule has 1 aromatic carbocycles. The molecule has 4 heteroatoms. The number of hydrogen-bond acceptors (Lipinski definition) is 2. The van der Waals surface area contributed by atoms with E-state index < -0.39 is 0 Å². The number of benzene rings is 1. The summed E-state index contributed by atoms with van der Waals surface area (Å²) in [5, 5.41) is 2.93. The van der Waals surface area contributed by atoms with E-state index in [9.17, 15) is 9.59 Å². The summed E-state index contributed by atoms with van der Waals surface area (Å²) in [5.41, 5.74) is 2.10. The molecule has 2 rings (SSSR count). The van der Waals surface area contributed by atoms with Gasteiger partial charge in [0.15, 0.2) is 0 Å². The standard InChI is InChI=1S/C17H24N2O2/c1-4-13-7-5-6-8-15(13)19-11-14(9-16(19)20)17(21)18-10-12(2)3/h5-8,12,14H,4,9-11H2,1-3H3,(H,18,21). The molecule has 1 saturated heterocycles. The van der Waals surface area contributed by atoms with Gasteiger partial charge in [-0.1, -0.05) is 39.0 Å². The summed E-state index contributed by atoms with van der Waals surface area (Å²) in [6.07, 6.45) is 1.19. The Balaban J connectivity index is 2.07. The molecule has 1 N–H and O–H groups in total. The number of nitrogens with zero attached hydrogens (tertiary/aromatic N) is 1. The Bertz CT molecular complexity index is 525. The number of anilines is 1. The van der Waals surface area contributed by atoms with Crippen LogP contribution in [0.15, 0.2) is 24.3 Å². The van der Waals surface area contributed by atoms with Gasteiger partial charge in [-0.05, 0) is 24.0 Å². The van der Waals surface area contributed by atoms with Gasteiger partial charge in [0.05, 0.1) is 5.92 Å². The fourth-order valence-corrected chi connectivity index (χ4v) is 2.64. The van der Waals surface area contributed by atoms with Crippen LogP contribution in [0, 0.1) is 11.8 Å². The van der Waals surface area contributed by atoms with Crippen molar-refractivity contribution in [2.75, 3.05) is 18.0 Å². The van der Waals surface area contributed by atoms with Gasteiger partial charge in [-0.25, -0.2) is 0 Å². The number of nitrogens with one attached hydrogen (secondary N) is 1. The van der Waals surface area contributed by atoms with E-state index in [0.717, 1.165) is 17.7 Å². The van der Waals surface area contributed by atoms with E-state index >= 15 is 0 Å². The van der Waals surface area contributed by atoms with E-state index in [2.05, 4.69) is 26.1 Å². The zero-order valence-electron chi connectivity index (χ0n) is 13.1. The van der Waals surface area contributed by atoms with E-state index in [0.29, 0.717) is 25.4 Å². The quantitative estimate of drug-likeness (QED) is 0.904. The number of amides is 2. The van der Waals surface area contributed by atoms with Crippen molar-refractivity contribution in [2.24, 2.45) is 11.8 Å². The van der Waals surface area contributed by atoms with Crippen LogP contribution in [0.1, 0.15) is 32.8 Å². The second-order valence-electron chi connectivity index (χ2n) is 6.03. The van der Waals surface area contributed by atoms with Crippen molar-refractivity contribution in [1.29, 1.82) is 0 Å². The Labute approximate surface area is 126 Å². The molecule has 4 nitrogen and oxygen atoms in total. The van der Waals surface area contributed by atoms with Gasteiger partial charge in [-0.3, -0.25) is 9.59 Å². The van der Waals surface area contributed by atoms with Crippen molar-refractivity contribution in [1.82, 2.24) is 5.32 Å². The summed E-state index contributed by atoms with van der Waals surface area (Å²) >= 11 is 0. The highest BCUT2D eigenvalue weighted by Gasteiger charge is 2.35. The lowest BCUT2D eigenvalue weighted by Crippen LogP contribution is -2.35. The number of aryl methyl sites for hydroxylation is 1. The first kappa shape index (κ1) is 15.5. The molecule has 0 spiro atoms. The number of hydrogen-bond donors (Lipinski definition) is 1. The van der Waals surface area contributed by atoms with Crippen LogP contribution in [-0.2, 0) is 16.0 Å². The summed E-state index contributed by atoms with van der Waals surface area (Å²) < 4.78 is 0. The van der Waals surface area contributed by atoms with Crippen LogP contribution in [0.4, 0.5) is 5.69 Å². The lowest BCUT2D eigenvalue weighted by Gasteiger charge is -2.20. The van der Waals surface area contributed by atoms with E-state index in [1.165, 1.54) is 0 Å². The predicted molar refractivity (Wildman–Crippen MR) is 84.1 cm³/mol. The Morgan fingerprint density at radius 3 is 2.76 bits per heavy atom. The number of rotatable bonds is 5. The molecule has 1 unspecified atom stereocenters. The summed E-state index contributed by atoms with van der Waals surface area (Å²) in [6, 6.07) is 7.92. The SMILES string of the molecule is CCc1ccccc1N1CC(C(=O)NCC(C)C)CC1=O. The minimum absolute atomic E-state index is 0.00599. The largest absolute Gasteiger partial charge is 0.356 e. The molecule has 114 valence electrons. The van der Waals surface area contributed by atoms with Gasteiger partial charge in [0.1, 0.15) is 0 Å². The second kappa shape index (κ2) is 6.74. The number of carbonyl (C=O) groups excluding carboxylic acids is 2. The second-order valence-corrected chi connectivity index (χ2v) is 6.03. The molecule has 1 fully saturated rings. The first-order valence-electron chi connectivity index (χ1n) is 7.68. The zero-order chi connectivity index (χ0) is 15.4. The molecule has 0 aromatic heterocycles. The highest BCUT2D eigenvalue weighted by atomic mass is 16.2. The highest BCUT2D eigenvalue weighted by molar-refractivity contribution is 6.00. The summed E-state index contributed by atoms with van der Waals surface area (Å²) in [7, 11) is 0. The molecule has 0 radical (unpaired) electrons. The van der Waals surface area contributed by atoms with Gasteiger partial charge in [0.2, 0.25) is 11.8 Å². The maximum Gasteiger partial charge on any atom is 0.227 e. The molecular weight excluding hydrogens is 264 g/mol. The molecule has 1 aromatic rings. The molecule has 0 aliphatic carbocycles. The molecule has 0 bridgehead atoms. The fourth-order valence-electron chi connectivity index (χ4n) is 2.64. The van der Waals surface area contributed by atoms with Crippen molar-refractivity contribution in [2.45, 2.75) is 33.6 Å². The van der Waals surface area contributed by atoms with Gasteiger partial charge in [-0.15, -0.1) is 0 Å². The molecule has 1 heterocycles. The number of carbonyl (C=O) groups is 2. The average Bonchev–Trinajstić information content (AvgIpc) is 2.86. The van der Waals surface area contributed by atoms with Crippen LogP contribution in [0.2, 0.25) is 0 Å². The van der Waals surface area contributed by atoms with Crippen molar-refractivity contribution in [3.63, 3.8) is 0 Å². The molecule has 0 saturated carbocycles. The summed E-state index contributed by atoms with van der Waals surface area (Å²) in [5.74, 6) is 0.221. The van der Waals surface area contributed by atoms with Gasteiger partial charge in [0.25, 0.3) is 0 Å². The minimum Gasteiger partial charge on any atom is -0.356 e. The third-order valence-electron chi connectivity index (χ3n) is 3.84. The first-order valence-corrected chi connectivity index (χ1v) is 7.68. The van der Waals surface area contributed by atoms with Crippen LogP contribution in [0.5, 0.6) is 0 Å². The van der Waals surface area contributed by atoms with E-state index in [4.69, 9.17) is 0 Å². The van der Waals surface area contributed by atoms with E-state index in [1.807, 2.05) is 24.3 Å². The Morgan fingerprint density at radius 2 is 2.10 bits per heavy atom.